The Bertz CT molecular complexity index is 726. The van der Waals surface area contributed by atoms with Gasteiger partial charge in [0.15, 0.2) is 0 Å². The predicted octanol–water partition coefficient (Wildman–Crippen LogP) is 2.41. The van der Waals surface area contributed by atoms with Crippen molar-refractivity contribution >= 4 is 18.2 Å². The average Bonchev–Trinajstić information content (AvgIpc) is 2.84. The number of rotatable bonds is 1. The summed E-state index contributed by atoms with van der Waals surface area (Å²) in [5.41, 5.74) is -0.603. The van der Waals surface area contributed by atoms with Gasteiger partial charge < -0.3 is 14.6 Å². The fourth-order valence-corrected chi connectivity index (χ4v) is 2.51. The van der Waals surface area contributed by atoms with Crippen LogP contribution in [0.25, 0.3) is 0 Å². The molecule has 1 aromatic heterocycles. The topological polar surface area (TPSA) is 111 Å². The molecule has 26 heavy (non-hydrogen) atoms. The van der Waals surface area contributed by atoms with Crippen LogP contribution in [-0.4, -0.2) is 55.0 Å². The van der Waals surface area contributed by atoms with Crippen LogP contribution >= 0.6 is 0 Å². The highest BCUT2D eigenvalue weighted by Gasteiger charge is 2.40. The summed E-state index contributed by atoms with van der Waals surface area (Å²) in [6, 6.07) is -1.11. The number of nitrogens with zero attached hydrogens (tertiary/aromatic N) is 3. The summed E-state index contributed by atoms with van der Waals surface area (Å²) >= 11 is 0. The van der Waals surface area contributed by atoms with Crippen LogP contribution < -0.4 is 0 Å². The molecule has 1 aromatic rings. The lowest BCUT2D eigenvalue weighted by Crippen LogP contribution is -2.50. The second kappa shape index (κ2) is 6.62. The zero-order valence-corrected chi connectivity index (χ0v) is 15.9. The van der Waals surface area contributed by atoms with E-state index in [0.717, 1.165) is 4.90 Å². The second-order valence-corrected chi connectivity index (χ2v) is 8.15. The molecule has 9 nitrogen and oxygen atoms in total. The maximum Gasteiger partial charge on any atom is 0.420 e. The third-order valence-electron chi connectivity index (χ3n) is 3.54. The SMILES string of the molecule is CC(C)(C)OC(=O)N1Cc2c(ncn2C(=O)OC(C)(C)C)C[C@H]1C(=O)O. The van der Waals surface area contributed by atoms with Crippen LogP contribution in [0.2, 0.25) is 0 Å². The molecular weight excluding hydrogens is 342 g/mol. The minimum Gasteiger partial charge on any atom is -0.480 e. The van der Waals surface area contributed by atoms with E-state index in [-0.39, 0.29) is 13.0 Å². The van der Waals surface area contributed by atoms with Crippen molar-refractivity contribution in [1.29, 1.82) is 0 Å². The largest absolute Gasteiger partial charge is 0.480 e. The lowest BCUT2D eigenvalue weighted by atomic mass is 10.0. The molecule has 0 saturated carbocycles. The number of carboxylic acids is 1. The van der Waals surface area contributed by atoms with Gasteiger partial charge in [-0.25, -0.2) is 23.9 Å². The fourth-order valence-electron chi connectivity index (χ4n) is 2.51. The van der Waals surface area contributed by atoms with Crippen LogP contribution in [0.15, 0.2) is 6.33 Å². The van der Waals surface area contributed by atoms with Gasteiger partial charge in [-0.2, -0.15) is 0 Å². The van der Waals surface area contributed by atoms with Gasteiger partial charge >= 0.3 is 18.2 Å². The highest BCUT2D eigenvalue weighted by atomic mass is 16.6. The van der Waals surface area contributed by atoms with Gasteiger partial charge in [0.05, 0.1) is 17.9 Å². The van der Waals surface area contributed by atoms with Crippen LogP contribution in [0.5, 0.6) is 0 Å². The van der Waals surface area contributed by atoms with Gasteiger partial charge in [0.2, 0.25) is 0 Å². The number of carbonyl (C=O) groups excluding carboxylic acids is 2. The third-order valence-corrected chi connectivity index (χ3v) is 3.54. The van der Waals surface area contributed by atoms with Crippen molar-refractivity contribution in [2.75, 3.05) is 0 Å². The number of aliphatic carboxylic acids is 1. The molecule has 1 aliphatic heterocycles. The van der Waals surface area contributed by atoms with Crippen molar-refractivity contribution in [2.24, 2.45) is 0 Å². The Hall–Kier alpha value is -2.58. The van der Waals surface area contributed by atoms with Gasteiger partial charge in [0.25, 0.3) is 0 Å². The first-order valence-electron chi connectivity index (χ1n) is 8.29. The van der Waals surface area contributed by atoms with Crippen molar-refractivity contribution in [2.45, 2.75) is 71.8 Å². The highest BCUT2D eigenvalue weighted by Crippen LogP contribution is 2.25. The molecular formula is C17H25N3O6. The van der Waals surface area contributed by atoms with Gasteiger partial charge in [-0.15, -0.1) is 0 Å². The molecule has 144 valence electrons. The summed E-state index contributed by atoms with van der Waals surface area (Å²) in [5.74, 6) is -1.16. The van der Waals surface area contributed by atoms with Gasteiger partial charge in [0.1, 0.15) is 23.6 Å². The van der Waals surface area contributed by atoms with E-state index < -0.39 is 35.4 Å². The zero-order valence-electron chi connectivity index (χ0n) is 15.9. The Morgan fingerprint density at radius 2 is 1.62 bits per heavy atom. The maximum atomic E-state index is 12.5. The van der Waals surface area contributed by atoms with Gasteiger partial charge in [-0.05, 0) is 41.5 Å². The molecule has 0 aromatic carbocycles. The van der Waals surface area contributed by atoms with E-state index in [1.807, 2.05) is 0 Å². The molecule has 0 fully saturated rings. The Kier molecular flexibility index (Phi) is 5.03. The number of ether oxygens (including phenoxy) is 2. The fraction of sp³-hybridized carbons (Fsp3) is 0.647. The summed E-state index contributed by atoms with van der Waals surface area (Å²) in [7, 11) is 0. The molecule has 1 aliphatic rings. The molecule has 0 aliphatic carbocycles. The number of carboxylic acid groups (broad SMARTS) is 1. The molecule has 2 heterocycles. The summed E-state index contributed by atoms with van der Waals surface area (Å²) in [4.78, 5) is 41.7. The van der Waals surface area contributed by atoms with Crippen LogP contribution in [0.1, 0.15) is 52.9 Å². The van der Waals surface area contributed by atoms with E-state index in [1.54, 1.807) is 41.5 Å². The van der Waals surface area contributed by atoms with Crippen LogP contribution in [-0.2, 0) is 27.2 Å². The zero-order chi connectivity index (χ0) is 19.9. The molecule has 1 atom stereocenters. The van der Waals surface area contributed by atoms with Crippen molar-refractivity contribution in [3.8, 4) is 0 Å². The summed E-state index contributed by atoms with van der Waals surface area (Å²) < 4.78 is 11.8. The van der Waals surface area contributed by atoms with Crippen LogP contribution in [0.3, 0.4) is 0 Å². The van der Waals surface area contributed by atoms with Crippen LogP contribution in [0, 0.1) is 0 Å². The molecule has 2 rings (SSSR count). The lowest BCUT2D eigenvalue weighted by molar-refractivity contribution is -0.143. The van der Waals surface area contributed by atoms with Gasteiger partial charge in [-0.3, -0.25) is 4.90 Å². The van der Waals surface area contributed by atoms with Gasteiger partial charge in [-0.1, -0.05) is 0 Å². The molecule has 0 radical (unpaired) electrons. The highest BCUT2D eigenvalue weighted by molar-refractivity contribution is 5.81. The Morgan fingerprint density at radius 3 is 2.12 bits per heavy atom. The average molecular weight is 367 g/mol. The normalized spacial score (nSPS) is 17.5. The maximum absolute atomic E-state index is 12.5. The number of imidazole rings is 1. The number of hydrogen-bond acceptors (Lipinski definition) is 6. The van der Waals surface area contributed by atoms with E-state index in [0.29, 0.717) is 11.4 Å². The van der Waals surface area contributed by atoms with E-state index in [1.165, 1.54) is 10.9 Å². The number of hydrogen-bond donors (Lipinski definition) is 1. The van der Waals surface area contributed by atoms with E-state index in [9.17, 15) is 19.5 Å². The predicted molar refractivity (Wildman–Crippen MR) is 90.8 cm³/mol. The summed E-state index contributed by atoms with van der Waals surface area (Å²) in [6.45, 7) is 10.2. The van der Waals surface area contributed by atoms with Gasteiger partial charge in [0, 0.05) is 6.42 Å². The minimum atomic E-state index is -1.16. The third kappa shape index (κ3) is 4.53. The molecule has 0 unspecified atom stereocenters. The monoisotopic (exact) mass is 367 g/mol. The Balaban J connectivity index is 2.33. The van der Waals surface area contributed by atoms with Crippen LogP contribution in [0.4, 0.5) is 9.59 Å². The van der Waals surface area contributed by atoms with E-state index >= 15 is 0 Å². The lowest BCUT2D eigenvalue weighted by Gasteiger charge is -2.34. The first-order chi connectivity index (χ1) is 11.8. The Morgan fingerprint density at radius 1 is 1.08 bits per heavy atom. The first-order valence-corrected chi connectivity index (χ1v) is 8.29. The Labute approximate surface area is 151 Å². The van der Waals surface area contributed by atoms with E-state index in [2.05, 4.69) is 4.98 Å². The second-order valence-electron chi connectivity index (χ2n) is 8.15. The molecule has 0 saturated heterocycles. The van der Waals surface area contributed by atoms with Crippen molar-refractivity contribution < 1.29 is 29.0 Å². The quantitative estimate of drug-likeness (QED) is 0.811. The minimum absolute atomic E-state index is 0.0142. The first kappa shape index (κ1) is 19.7. The van der Waals surface area contributed by atoms with Crippen molar-refractivity contribution in [3.05, 3.63) is 17.7 Å². The standard InChI is InChI=1S/C17H25N3O6/c1-16(2,3)25-14(23)19-8-12-10(7-11(19)13(21)22)18-9-20(12)15(24)26-17(4,5)6/h9,11H,7-8H2,1-6H3,(H,21,22)/t11-/m0/s1. The molecule has 9 heteroatoms. The van der Waals surface area contributed by atoms with Crippen molar-refractivity contribution in [3.63, 3.8) is 0 Å². The number of aromatic nitrogens is 2. The number of amides is 1. The number of fused-ring (bicyclic) bond motifs is 1. The summed E-state index contributed by atoms with van der Waals surface area (Å²) in [6.07, 6.45) is -0.118. The van der Waals surface area contributed by atoms with E-state index in [4.69, 9.17) is 9.47 Å². The molecule has 1 N–H and O–H groups in total. The molecule has 0 spiro atoms. The number of carbonyl (C=O) groups is 3. The smallest absolute Gasteiger partial charge is 0.420 e. The summed E-state index contributed by atoms with van der Waals surface area (Å²) in [5, 5.41) is 9.47. The van der Waals surface area contributed by atoms with Crippen molar-refractivity contribution in [1.82, 2.24) is 14.5 Å². The molecule has 0 bridgehead atoms. The molecule has 1 amide bonds.